The molecule has 18 heavy (non-hydrogen) atoms. The fraction of sp³-hybridized carbons (Fsp3) is 0.0769. The second-order valence-electron chi connectivity index (χ2n) is 4.04. The van der Waals surface area contributed by atoms with Crippen LogP contribution in [0.3, 0.4) is 0 Å². The van der Waals surface area contributed by atoms with Crippen molar-refractivity contribution in [3.63, 3.8) is 0 Å². The highest BCUT2D eigenvalue weighted by Gasteiger charge is 2.10. The van der Waals surface area contributed by atoms with Crippen LogP contribution in [-0.2, 0) is 0 Å². The lowest BCUT2D eigenvalue weighted by Gasteiger charge is -2.05. The summed E-state index contributed by atoms with van der Waals surface area (Å²) < 4.78 is 0. The minimum absolute atomic E-state index is 0.320. The summed E-state index contributed by atoms with van der Waals surface area (Å²) in [4.78, 5) is 5.81. The highest BCUT2D eigenvalue weighted by Crippen LogP contribution is 2.23. The normalized spacial score (nSPS) is 10.8. The van der Waals surface area contributed by atoms with Crippen molar-refractivity contribution in [3.8, 4) is 11.4 Å². The van der Waals surface area contributed by atoms with E-state index in [1.807, 2.05) is 43.3 Å². The van der Waals surface area contributed by atoms with E-state index in [1.54, 1.807) is 6.07 Å². The molecule has 90 valence electrons. The molecule has 0 unspecified atom stereocenters. The zero-order valence-electron chi connectivity index (χ0n) is 9.74. The Morgan fingerprint density at radius 2 is 1.72 bits per heavy atom. The van der Waals surface area contributed by atoms with Crippen LogP contribution < -0.4 is 4.89 Å². The van der Waals surface area contributed by atoms with Crippen LogP contribution in [0.15, 0.2) is 42.5 Å². The van der Waals surface area contributed by atoms with Crippen molar-refractivity contribution >= 4 is 11.0 Å². The quantitative estimate of drug-likeness (QED) is 0.553. The lowest BCUT2D eigenvalue weighted by molar-refractivity contribution is -0.137. The summed E-state index contributed by atoms with van der Waals surface area (Å²) >= 11 is 0. The predicted molar refractivity (Wildman–Crippen MR) is 66.9 cm³/mol. The summed E-state index contributed by atoms with van der Waals surface area (Å²) in [5, 5.41) is 17.6. The zero-order chi connectivity index (χ0) is 12.5. The first-order chi connectivity index (χ1) is 8.78. The van der Waals surface area contributed by atoms with E-state index in [0.29, 0.717) is 11.4 Å². The van der Waals surface area contributed by atoms with Crippen molar-refractivity contribution in [1.29, 1.82) is 0 Å². The smallest absolute Gasteiger partial charge is 0.192 e. The Bertz CT molecular complexity index is 673. The summed E-state index contributed by atoms with van der Waals surface area (Å²) in [6.07, 6.45) is 0. The summed E-state index contributed by atoms with van der Waals surface area (Å²) in [7, 11) is 0. The number of fused-ring (bicyclic) bond motifs is 1. The summed E-state index contributed by atoms with van der Waals surface area (Å²) in [5.41, 5.74) is 3.23. The molecule has 5 heteroatoms. The second kappa shape index (κ2) is 4.12. The van der Waals surface area contributed by atoms with Crippen LogP contribution in [0.5, 0.6) is 5.75 Å². The standard InChI is InChI=1S/C13H11N3O2/c1-9-6-7-13(18-17)12(8-9)16-14-10-4-2-3-5-11(10)15-16/h2-8,17H,1H3. The van der Waals surface area contributed by atoms with E-state index < -0.39 is 0 Å². The first-order valence-electron chi connectivity index (χ1n) is 5.52. The Morgan fingerprint density at radius 1 is 1.06 bits per heavy atom. The van der Waals surface area contributed by atoms with Crippen molar-refractivity contribution in [2.24, 2.45) is 0 Å². The Kier molecular flexibility index (Phi) is 2.46. The van der Waals surface area contributed by atoms with Gasteiger partial charge in [-0.25, -0.2) is 5.26 Å². The number of benzene rings is 2. The topological polar surface area (TPSA) is 60.2 Å². The van der Waals surface area contributed by atoms with Crippen molar-refractivity contribution in [2.45, 2.75) is 6.92 Å². The third-order valence-electron chi connectivity index (χ3n) is 2.71. The minimum atomic E-state index is 0.320. The van der Waals surface area contributed by atoms with Gasteiger partial charge in [0.1, 0.15) is 16.7 Å². The molecule has 0 saturated carbocycles. The van der Waals surface area contributed by atoms with Crippen LogP contribution in [0.25, 0.3) is 16.7 Å². The van der Waals surface area contributed by atoms with Gasteiger partial charge in [0, 0.05) is 0 Å². The maximum atomic E-state index is 8.88. The lowest BCUT2D eigenvalue weighted by Crippen LogP contribution is -2.02. The van der Waals surface area contributed by atoms with Crippen LogP contribution in [0.4, 0.5) is 0 Å². The fourth-order valence-electron chi connectivity index (χ4n) is 1.83. The van der Waals surface area contributed by atoms with E-state index in [4.69, 9.17) is 5.26 Å². The van der Waals surface area contributed by atoms with Gasteiger partial charge in [-0.2, -0.15) is 0 Å². The SMILES string of the molecule is Cc1ccc(OO)c(-n2nc3ccccc3n2)c1. The maximum Gasteiger partial charge on any atom is 0.192 e. The summed E-state index contributed by atoms with van der Waals surface area (Å²) in [6.45, 7) is 1.95. The number of hydrogen-bond acceptors (Lipinski definition) is 4. The average Bonchev–Trinajstić information content (AvgIpc) is 2.82. The fourth-order valence-corrected chi connectivity index (χ4v) is 1.83. The Morgan fingerprint density at radius 3 is 2.33 bits per heavy atom. The number of hydrogen-bond donors (Lipinski definition) is 1. The van der Waals surface area contributed by atoms with Crippen LogP contribution in [0, 0.1) is 6.92 Å². The molecular weight excluding hydrogens is 230 g/mol. The van der Waals surface area contributed by atoms with E-state index in [1.165, 1.54) is 4.80 Å². The molecule has 5 nitrogen and oxygen atoms in total. The molecule has 0 fully saturated rings. The number of rotatable bonds is 2. The molecule has 0 spiro atoms. The van der Waals surface area contributed by atoms with Gasteiger partial charge in [-0.1, -0.05) is 18.2 Å². The molecule has 1 aromatic heterocycles. The highest BCUT2D eigenvalue weighted by molar-refractivity contribution is 5.73. The second-order valence-corrected chi connectivity index (χ2v) is 4.04. The average molecular weight is 241 g/mol. The molecule has 0 amide bonds. The Hall–Kier alpha value is -2.40. The van der Waals surface area contributed by atoms with E-state index >= 15 is 0 Å². The molecule has 0 atom stereocenters. The van der Waals surface area contributed by atoms with Gasteiger partial charge in [0.05, 0.1) is 0 Å². The first-order valence-corrected chi connectivity index (χ1v) is 5.52. The number of aryl methyl sites for hydroxylation is 1. The molecule has 2 aromatic carbocycles. The molecular formula is C13H11N3O2. The molecule has 0 aliphatic carbocycles. The predicted octanol–water partition coefficient (Wildman–Crippen LogP) is 2.58. The van der Waals surface area contributed by atoms with Crippen molar-refractivity contribution in [1.82, 2.24) is 15.0 Å². The maximum absolute atomic E-state index is 8.88. The Balaban J connectivity index is 2.22. The van der Waals surface area contributed by atoms with Crippen molar-refractivity contribution < 1.29 is 10.1 Å². The zero-order valence-corrected chi connectivity index (χ0v) is 9.74. The van der Waals surface area contributed by atoms with Crippen LogP contribution in [-0.4, -0.2) is 20.3 Å². The monoisotopic (exact) mass is 241 g/mol. The minimum Gasteiger partial charge on any atom is -0.338 e. The van der Waals surface area contributed by atoms with Crippen LogP contribution >= 0.6 is 0 Å². The number of aromatic nitrogens is 3. The van der Waals surface area contributed by atoms with Gasteiger partial charge in [-0.05, 0) is 36.8 Å². The van der Waals surface area contributed by atoms with Gasteiger partial charge >= 0.3 is 0 Å². The lowest BCUT2D eigenvalue weighted by atomic mass is 10.2. The largest absolute Gasteiger partial charge is 0.338 e. The molecule has 1 heterocycles. The summed E-state index contributed by atoms with van der Waals surface area (Å²) in [5.74, 6) is 0.320. The molecule has 0 saturated heterocycles. The van der Waals surface area contributed by atoms with Gasteiger partial charge in [0.15, 0.2) is 5.75 Å². The van der Waals surface area contributed by atoms with Crippen LogP contribution in [0.1, 0.15) is 5.56 Å². The molecule has 0 aliphatic rings. The van der Waals surface area contributed by atoms with E-state index in [2.05, 4.69) is 15.1 Å². The summed E-state index contributed by atoms with van der Waals surface area (Å²) in [6, 6.07) is 13.0. The molecule has 0 bridgehead atoms. The third kappa shape index (κ3) is 1.70. The number of nitrogens with zero attached hydrogens (tertiary/aromatic N) is 3. The molecule has 0 radical (unpaired) electrons. The van der Waals surface area contributed by atoms with Gasteiger partial charge in [0.25, 0.3) is 0 Å². The van der Waals surface area contributed by atoms with Gasteiger partial charge < -0.3 is 4.89 Å². The van der Waals surface area contributed by atoms with Gasteiger partial charge in [-0.3, -0.25) is 0 Å². The van der Waals surface area contributed by atoms with Gasteiger partial charge in [0.2, 0.25) is 0 Å². The van der Waals surface area contributed by atoms with E-state index in [9.17, 15) is 0 Å². The highest BCUT2D eigenvalue weighted by atomic mass is 17.1. The van der Waals surface area contributed by atoms with Gasteiger partial charge in [-0.15, -0.1) is 15.0 Å². The third-order valence-corrected chi connectivity index (χ3v) is 2.71. The first kappa shape index (κ1) is 10.7. The Labute approximate surface area is 103 Å². The molecule has 1 N–H and O–H groups in total. The molecule has 3 aromatic rings. The van der Waals surface area contributed by atoms with Crippen molar-refractivity contribution in [2.75, 3.05) is 0 Å². The van der Waals surface area contributed by atoms with E-state index in [0.717, 1.165) is 16.6 Å². The van der Waals surface area contributed by atoms with E-state index in [-0.39, 0.29) is 0 Å². The molecule has 0 aliphatic heterocycles. The van der Waals surface area contributed by atoms with Crippen molar-refractivity contribution in [3.05, 3.63) is 48.0 Å². The molecule has 3 rings (SSSR count). The van der Waals surface area contributed by atoms with Crippen LogP contribution in [0.2, 0.25) is 0 Å².